The molecule has 1 heterocycles. The molecule has 1 aromatic carbocycles. The van der Waals surface area contributed by atoms with Crippen molar-refractivity contribution in [1.82, 2.24) is 4.90 Å². The van der Waals surface area contributed by atoms with Crippen LogP contribution in [0.3, 0.4) is 0 Å². The smallest absolute Gasteiger partial charge is 0.410 e. The van der Waals surface area contributed by atoms with Crippen LogP contribution in [0.5, 0.6) is 0 Å². The molecule has 1 aliphatic heterocycles. The van der Waals surface area contributed by atoms with Gasteiger partial charge in [-0.25, -0.2) is 4.79 Å². The third kappa shape index (κ3) is 3.20. The summed E-state index contributed by atoms with van der Waals surface area (Å²) in [4.78, 5) is 12.9. The summed E-state index contributed by atoms with van der Waals surface area (Å²) in [5, 5.41) is 0.258. The van der Waals surface area contributed by atoms with E-state index in [0.29, 0.717) is 5.56 Å². The maximum Gasteiger partial charge on any atom is 0.410 e. The Labute approximate surface area is 121 Å². The first-order chi connectivity index (χ1) is 9.08. The lowest BCUT2D eigenvalue weighted by Crippen LogP contribution is -2.45. The second-order valence-corrected chi connectivity index (χ2v) is 6.28. The van der Waals surface area contributed by atoms with Crippen LogP contribution >= 0.6 is 11.6 Å². The maximum absolute atomic E-state index is 14.1. The molecule has 0 aromatic heterocycles. The fourth-order valence-electron chi connectivity index (χ4n) is 2.07. The highest BCUT2D eigenvalue weighted by molar-refractivity contribution is 6.30. The molecule has 3 nitrogen and oxygen atoms in total. The first kappa shape index (κ1) is 15.0. The molecule has 2 rings (SSSR count). The van der Waals surface area contributed by atoms with Gasteiger partial charge >= 0.3 is 6.09 Å². The third-order valence-corrected chi connectivity index (χ3v) is 3.10. The Hall–Kier alpha value is -1.36. The van der Waals surface area contributed by atoms with Crippen LogP contribution in [0, 0.1) is 0 Å². The summed E-state index contributed by atoms with van der Waals surface area (Å²) >= 11 is 5.75. The van der Waals surface area contributed by atoms with Crippen molar-refractivity contribution in [3.8, 4) is 0 Å². The molecule has 0 saturated carbocycles. The van der Waals surface area contributed by atoms with Gasteiger partial charge in [0, 0.05) is 17.1 Å². The number of rotatable bonds is 0. The minimum atomic E-state index is -3.13. The number of ether oxygens (including phenoxy) is 1. The van der Waals surface area contributed by atoms with Gasteiger partial charge in [-0.2, -0.15) is 8.78 Å². The van der Waals surface area contributed by atoms with Crippen molar-refractivity contribution in [2.24, 2.45) is 0 Å². The van der Waals surface area contributed by atoms with E-state index in [9.17, 15) is 13.6 Å². The molecule has 0 unspecified atom stereocenters. The normalized spacial score (nSPS) is 17.6. The van der Waals surface area contributed by atoms with E-state index < -0.39 is 24.2 Å². The number of halogens is 3. The Morgan fingerprint density at radius 2 is 2.05 bits per heavy atom. The molecular weight excluding hydrogens is 288 g/mol. The van der Waals surface area contributed by atoms with Gasteiger partial charge in [-0.05, 0) is 38.5 Å². The monoisotopic (exact) mass is 303 g/mol. The second-order valence-electron chi connectivity index (χ2n) is 5.84. The van der Waals surface area contributed by atoms with Crippen LogP contribution in [0.1, 0.15) is 31.9 Å². The maximum atomic E-state index is 14.1. The number of carbonyl (C=O) groups is 1. The molecule has 1 aromatic rings. The lowest BCUT2D eigenvalue weighted by molar-refractivity contribution is -0.0591. The summed E-state index contributed by atoms with van der Waals surface area (Å²) in [6.45, 7) is 4.48. The fourth-order valence-corrected chi connectivity index (χ4v) is 2.24. The van der Waals surface area contributed by atoms with E-state index in [1.807, 2.05) is 0 Å². The number of benzene rings is 1. The van der Waals surface area contributed by atoms with Crippen LogP contribution in [0.25, 0.3) is 0 Å². The van der Waals surface area contributed by atoms with Crippen molar-refractivity contribution in [3.63, 3.8) is 0 Å². The molecule has 110 valence electrons. The Morgan fingerprint density at radius 1 is 1.40 bits per heavy atom. The predicted octanol–water partition coefficient (Wildman–Crippen LogP) is 4.18. The predicted molar refractivity (Wildman–Crippen MR) is 72.0 cm³/mol. The number of nitrogens with zero attached hydrogens (tertiary/aromatic N) is 1. The molecule has 1 aliphatic rings. The first-order valence-corrected chi connectivity index (χ1v) is 6.61. The zero-order valence-corrected chi connectivity index (χ0v) is 12.3. The van der Waals surface area contributed by atoms with Crippen molar-refractivity contribution >= 4 is 17.7 Å². The molecule has 0 bridgehead atoms. The summed E-state index contributed by atoms with van der Waals surface area (Å²) < 4.78 is 33.4. The summed E-state index contributed by atoms with van der Waals surface area (Å²) in [6, 6.07) is 4.31. The van der Waals surface area contributed by atoms with Gasteiger partial charge in [0.05, 0.1) is 6.54 Å². The summed E-state index contributed by atoms with van der Waals surface area (Å²) in [5.41, 5.74) is -0.451. The largest absolute Gasteiger partial charge is 0.444 e. The minimum Gasteiger partial charge on any atom is -0.444 e. The first-order valence-electron chi connectivity index (χ1n) is 6.23. The average Bonchev–Trinajstić information content (AvgIpc) is 2.27. The van der Waals surface area contributed by atoms with Crippen LogP contribution < -0.4 is 0 Å². The Bertz CT molecular complexity index is 540. The molecule has 0 aliphatic carbocycles. The van der Waals surface area contributed by atoms with Crippen LogP contribution in [-0.2, 0) is 17.2 Å². The third-order valence-electron chi connectivity index (χ3n) is 2.87. The van der Waals surface area contributed by atoms with Crippen molar-refractivity contribution in [2.45, 2.75) is 38.8 Å². The molecular formula is C14H16ClF2NO2. The SMILES string of the molecule is CC(C)(C)OC(=O)N1Cc2ccc(Cl)cc2C(F)(F)C1. The van der Waals surface area contributed by atoms with Crippen LogP contribution in [0.2, 0.25) is 5.02 Å². The van der Waals surface area contributed by atoms with Gasteiger partial charge in [0.2, 0.25) is 0 Å². The molecule has 0 N–H and O–H groups in total. The molecule has 1 amide bonds. The molecule has 0 spiro atoms. The number of fused-ring (bicyclic) bond motifs is 1. The van der Waals surface area contributed by atoms with E-state index in [0.717, 1.165) is 4.90 Å². The second kappa shape index (κ2) is 4.88. The van der Waals surface area contributed by atoms with E-state index in [2.05, 4.69) is 0 Å². The number of carbonyl (C=O) groups excluding carboxylic acids is 1. The van der Waals surface area contributed by atoms with E-state index in [1.165, 1.54) is 18.2 Å². The summed E-state index contributed by atoms with van der Waals surface area (Å²) in [7, 11) is 0. The van der Waals surface area contributed by atoms with Gasteiger partial charge < -0.3 is 4.74 Å². The molecule has 20 heavy (non-hydrogen) atoms. The van der Waals surface area contributed by atoms with E-state index in [4.69, 9.17) is 16.3 Å². The van der Waals surface area contributed by atoms with E-state index in [-0.39, 0.29) is 17.1 Å². The Balaban J connectivity index is 2.27. The lowest BCUT2D eigenvalue weighted by atomic mass is 9.97. The molecule has 0 radical (unpaired) electrons. The number of alkyl halides is 2. The number of hydrogen-bond acceptors (Lipinski definition) is 2. The summed E-state index contributed by atoms with van der Waals surface area (Å²) in [5.74, 6) is -3.13. The average molecular weight is 304 g/mol. The van der Waals surface area contributed by atoms with Gasteiger partial charge in [0.15, 0.2) is 0 Å². The van der Waals surface area contributed by atoms with Crippen LogP contribution in [-0.4, -0.2) is 23.1 Å². The standard InChI is InChI=1S/C14H16ClF2NO2/c1-13(2,3)20-12(19)18-7-9-4-5-10(15)6-11(9)14(16,17)8-18/h4-6H,7-8H2,1-3H3. The van der Waals surface area contributed by atoms with Gasteiger partial charge in [0.25, 0.3) is 5.92 Å². The molecule has 0 fully saturated rings. The molecule has 0 atom stereocenters. The molecule has 6 heteroatoms. The minimum absolute atomic E-state index is 0.0943. The molecule has 0 saturated heterocycles. The van der Waals surface area contributed by atoms with Gasteiger partial charge in [-0.1, -0.05) is 17.7 Å². The van der Waals surface area contributed by atoms with Crippen molar-refractivity contribution in [3.05, 3.63) is 34.3 Å². The summed E-state index contributed by atoms with van der Waals surface area (Å²) in [6.07, 6.45) is -0.738. The quantitative estimate of drug-likeness (QED) is 0.719. The van der Waals surface area contributed by atoms with E-state index in [1.54, 1.807) is 20.8 Å². The fraction of sp³-hybridized carbons (Fsp3) is 0.500. The topological polar surface area (TPSA) is 29.5 Å². The van der Waals surface area contributed by atoms with Crippen LogP contribution in [0.4, 0.5) is 13.6 Å². The highest BCUT2D eigenvalue weighted by Gasteiger charge is 2.43. The van der Waals surface area contributed by atoms with Gasteiger partial charge in [0.1, 0.15) is 5.60 Å². The van der Waals surface area contributed by atoms with E-state index >= 15 is 0 Å². The lowest BCUT2D eigenvalue weighted by Gasteiger charge is -2.35. The van der Waals surface area contributed by atoms with Gasteiger partial charge in [-0.3, -0.25) is 4.90 Å². The van der Waals surface area contributed by atoms with Gasteiger partial charge in [-0.15, -0.1) is 0 Å². The Kier molecular flexibility index (Phi) is 3.67. The zero-order valence-electron chi connectivity index (χ0n) is 11.5. The number of hydrogen-bond donors (Lipinski definition) is 0. The highest BCUT2D eigenvalue weighted by Crippen LogP contribution is 2.38. The van der Waals surface area contributed by atoms with Crippen LogP contribution in [0.15, 0.2) is 18.2 Å². The number of amides is 1. The van der Waals surface area contributed by atoms with Crippen molar-refractivity contribution in [2.75, 3.05) is 6.54 Å². The highest BCUT2D eigenvalue weighted by atomic mass is 35.5. The van der Waals surface area contributed by atoms with Crippen molar-refractivity contribution in [1.29, 1.82) is 0 Å². The Morgan fingerprint density at radius 3 is 2.65 bits per heavy atom. The van der Waals surface area contributed by atoms with Crippen molar-refractivity contribution < 1.29 is 18.3 Å². The zero-order chi connectivity index (χ0) is 15.1.